The Bertz CT molecular complexity index is 121. The normalized spacial score (nSPS) is 13.0. The summed E-state index contributed by atoms with van der Waals surface area (Å²) in [4.78, 5) is 1.60. The number of hydrogen-bond acceptors (Lipinski definition) is 2. The molecule has 0 radical (unpaired) electrons. The van der Waals surface area contributed by atoms with Crippen molar-refractivity contribution < 1.29 is 8.78 Å². The van der Waals surface area contributed by atoms with Crippen molar-refractivity contribution in [3.05, 3.63) is 0 Å². The van der Waals surface area contributed by atoms with Crippen LogP contribution in [-0.4, -0.2) is 37.0 Å². The van der Waals surface area contributed by atoms with Crippen molar-refractivity contribution in [1.29, 1.82) is 0 Å². The Kier molecular flexibility index (Phi) is 4.63. The molecule has 0 aliphatic heterocycles. The fourth-order valence-corrected chi connectivity index (χ4v) is 0.806. The van der Waals surface area contributed by atoms with Crippen LogP contribution in [0.1, 0.15) is 20.3 Å². The Hall–Kier alpha value is -0.220. The Labute approximate surface area is 72.7 Å². The molecule has 0 aromatic heterocycles. The summed E-state index contributed by atoms with van der Waals surface area (Å²) >= 11 is 0. The van der Waals surface area contributed by atoms with Crippen LogP contribution in [0.2, 0.25) is 0 Å². The van der Waals surface area contributed by atoms with E-state index in [0.717, 1.165) is 6.42 Å². The summed E-state index contributed by atoms with van der Waals surface area (Å²) < 4.78 is 23.7. The second-order valence-electron chi connectivity index (χ2n) is 3.89. The zero-order valence-electron chi connectivity index (χ0n) is 7.98. The molecule has 2 nitrogen and oxygen atoms in total. The SMILES string of the molecule is CN(CCC(C)(C)N)CC(F)F. The van der Waals surface area contributed by atoms with Crippen LogP contribution in [0.4, 0.5) is 8.78 Å². The summed E-state index contributed by atoms with van der Waals surface area (Å²) in [6, 6.07) is 0. The number of nitrogens with zero attached hydrogens (tertiary/aromatic N) is 1. The topological polar surface area (TPSA) is 29.3 Å². The number of hydrogen-bond donors (Lipinski definition) is 1. The standard InChI is InChI=1S/C8H18F2N2/c1-8(2,11)4-5-12(3)6-7(9)10/h7H,4-6,11H2,1-3H3. The van der Waals surface area contributed by atoms with Crippen LogP contribution in [0.3, 0.4) is 0 Å². The predicted molar refractivity (Wildman–Crippen MR) is 46.4 cm³/mol. The molecule has 0 fully saturated rings. The molecule has 0 atom stereocenters. The smallest absolute Gasteiger partial charge is 0.251 e. The van der Waals surface area contributed by atoms with Gasteiger partial charge in [0.25, 0.3) is 6.43 Å². The van der Waals surface area contributed by atoms with E-state index in [1.54, 1.807) is 11.9 Å². The summed E-state index contributed by atoms with van der Waals surface area (Å²) in [6.07, 6.45) is -1.52. The van der Waals surface area contributed by atoms with Gasteiger partial charge in [0.15, 0.2) is 0 Å². The third-order valence-corrected chi connectivity index (χ3v) is 1.59. The predicted octanol–water partition coefficient (Wildman–Crippen LogP) is 1.31. The van der Waals surface area contributed by atoms with Crippen LogP contribution in [0, 0.1) is 0 Å². The van der Waals surface area contributed by atoms with Crippen molar-refractivity contribution in [2.45, 2.75) is 32.2 Å². The average molecular weight is 180 g/mol. The average Bonchev–Trinajstić information content (AvgIpc) is 1.80. The molecule has 0 rings (SSSR count). The number of alkyl halides is 2. The van der Waals surface area contributed by atoms with Crippen LogP contribution in [0.15, 0.2) is 0 Å². The number of rotatable bonds is 5. The number of nitrogens with two attached hydrogens (primary N) is 1. The van der Waals surface area contributed by atoms with Crippen LogP contribution < -0.4 is 5.73 Å². The van der Waals surface area contributed by atoms with Gasteiger partial charge in [-0.15, -0.1) is 0 Å². The molecule has 4 heteroatoms. The highest BCUT2D eigenvalue weighted by Crippen LogP contribution is 2.05. The quantitative estimate of drug-likeness (QED) is 0.691. The zero-order chi connectivity index (χ0) is 9.78. The summed E-state index contributed by atoms with van der Waals surface area (Å²) in [5.74, 6) is 0. The summed E-state index contributed by atoms with van der Waals surface area (Å²) in [5, 5.41) is 0. The highest BCUT2D eigenvalue weighted by Gasteiger charge is 2.13. The minimum absolute atomic E-state index is 0.171. The highest BCUT2D eigenvalue weighted by molar-refractivity contribution is 4.73. The van der Waals surface area contributed by atoms with Crippen LogP contribution in [-0.2, 0) is 0 Å². The van der Waals surface area contributed by atoms with E-state index in [9.17, 15) is 8.78 Å². The second kappa shape index (κ2) is 4.72. The summed E-state index contributed by atoms with van der Waals surface area (Å²) in [5.41, 5.74) is 5.43. The minimum atomic E-state index is -2.25. The molecule has 2 N–H and O–H groups in total. The lowest BCUT2D eigenvalue weighted by atomic mass is 10.0. The summed E-state index contributed by atoms with van der Waals surface area (Å²) in [6.45, 7) is 4.23. The van der Waals surface area contributed by atoms with Crippen LogP contribution in [0.5, 0.6) is 0 Å². The lowest BCUT2D eigenvalue weighted by molar-refractivity contribution is 0.0974. The Morgan fingerprint density at radius 3 is 2.25 bits per heavy atom. The van der Waals surface area contributed by atoms with Crippen molar-refractivity contribution >= 4 is 0 Å². The molecule has 0 saturated heterocycles. The first-order valence-corrected chi connectivity index (χ1v) is 4.07. The molecular formula is C8H18F2N2. The first kappa shape index (κ1) is 11.8. The van der Waals surface area contributed by atoms with Gasteiger partial charge in [0.1, 0.15) is 0 Å². The van der Waals surface area contributed by atoms with Gasteiger partial charge in [-0.2, -0.15) is 0 Å². The molecule has 0 aromatic rings. The van der Waals surface area contributed by atoms with Gasteiger partial charge in [-0.25, -0.2) is 8.78 Å². The van der Waals surface area contributed by atoms with E-state index >= 15 is 0 Å². The molecule has 0 heterocycles. The number of halogens is 2. The first-order chi connectivity index (χ1) is 5.31. The van der Waals surface area contributed by atoms with Crippen molar-refractivity contribution in [3.8, 4) is 0 Å². The third kappa shape index (κ3) is 7.88. The van der Waals surface area contributed by atoms with Gasteiger partial charge < -0.3 is 10.6 Å². The molecular weight excluding hydrogens is 162 g/mol. The monoisotopic (exact) mass is 180 g/mol. The van der Waals surface area contributed by atoms with E-state index in [0.29, 0.717) is 6.54 Å². The van der Waals surface area contributed by atoms with Crippen LogP contribution >= 0.6 is 0 Å². The molecule has 12 heavy (non-hydrogen) atoms. The Morgan fingerprint density at radius 1 is 1.42 bits per heavy atom. The maximum atomic E-state index is 11.8. The van der Waals surface area contributed by atoms with Gasteiger partial charge in [-0.3, -0.25) is 0 Å². The van der Waals surface area contributed by atoms with Crippen molar-refractivity contribution in [2.75, 3.05) is 20.1 Å². The van der Waals surface area contributed by atoms with Gasteiger partial charge in [0.05, 0.1) is 6.54 Å². The highest BCUT2D eigenvalue weighted by atomic mass is 19.3. The fourth-order valence-electron chi connectivity index (χ4n) is 0.806. The molecule has 0 aliphatic carbocycles. The van der Waals surface area contributed by atoms with Crippen LogP contribution in [0.25, 0.3) is 0 Å². The zero-order valence-corrected chi connectivity index (χ0v) is 7.98. The van der Waals surface area contributed by atoms with Gasteiger partial charge in [0, 0.05) is 5.54 Å². The van der Waals surface area contributed by atoms with Gasteiger partial charge in [0.2, 0.25) is 0 Å². The molecule has 0 aliphatic rings. The van der Waals surface area contributed by atoms with E-state index in [2.05, 4.69) is 0 Å². The van der Waals surface area contributed by atoms with E-state index in [1.165, 1.54) is 0 Å². The summed E-state index contributed by atoms with van der Waals surface area (Å²) in [7, 11) is 1.68. The minimum Gasteiger partial charge on any atom is -0.326 e. The first-order valence-electron chi connectivity index (χ1n) is 4.07. The van der Waals surface area contributed by atoms with E-state index in [-0.39, 0.29) is 12.1 Å². The maximum Gasteiger partial charge on any atom is 0.251 e. The van der Waals surface area contributed by atoms with Gasteiger partial charge in [-0.05, 0) is 33.9 Å². The van der Waals surface area contributed by atoms with E-state index < -0.39 is 6.43 Å². The van der Waals surface area contributed by atoms with Gasteiger partial charge in [-0.1, -0.05) is 0 Å². The molecule has 0 amide bonds. The van der Waals surface area contributed by atoms with Crippen molar-refractivity contribution in [1.82, 2.24) is 4.90 Å². The van der Waals surface area contributed by atoms with Gasteiger partial charge >= 0.3 is 0 Å². The van der Waals surface area contributed by atoms with E-state index in [4.69, 9.17) is 5.73 Å². The largest absolute Gasteiger partial charge is 0.326 e. The molecule has 0 bridgehead atoms. The lowest BCUT2D eigenvalue weighted by Crippen LogP contribution is -2.37. The fraction of sp³-hybridized carbons (Fsp3) is 1.00. The molecule has 0 aromatic carbocycles. The maximum absolute atomic E-state index is 11.8. The molecule has 0 spiro atoms. The second-order valence-corrected chi connectivity index (χ2v) is 3.89. The lowest BCUT2D eigenvalue weighted by Gasteiger charge is -2.23. The van der Waals surface area contributed by atoms with E-state index in [1.807, 2.05) is 13.8 Å². The van der Waals surface area contributed by atoms with Crippen molar-refractivity contribution in [3.63, 3.8) is 0 Å². The Balaban J connectivity index is 3.51. The van der Waals surface area contributed by atoms with Crippen molar-refractivity contribution in [2.24, 2.45) is 5.73 Å². The molecule has 0 unspecified atom stereocenters. The molecule has 74 valence electrons. The third-order valence-electron chi connectivity index (χ3n) is 1.59. The Morgan fingerprint density at radius 2 is 1.92 bits per heavy atom. The molecule has 0 saturated carbocycles.